The molecule has 5 nitrogen and oxygen atoms in total. The molecule has 1 aliphatic rings. The van der Waals surface area contributed by atoms with E-state index in [1.54, 1.807) is 6.26 Å². The zero-order chi connectivity index (χ0) is 16.9. The van der Waals surface area contributed by atoms with Gasteiger partial charge in [0.1, 0.15) is 11.4 Å². The van der Waals surface area contributed by atoms with Crippen molar-refractivity contribution in [3.05, 3.63) is 24.2 Å². The Bertz CT molecular complexity index is 479. The summed E-state index contributed by atoms with van der Waals surface area (Å²) in [6.45, 7) is 8.40. The maximum Gasteiger partial charge on any atom is 0.407 e. The molecule has 0 aliphatic heterocycles. The number of furan rings is 1. The van der Waals surface area contributed by atoms with Crippen molar-refractivity contribution in [1.82, 2.24) is 10.6 Å². The second-order valence-electron chi connectivity index (χ2n) is 7.44. The zero-order valence-electron chi connectivity index (χ0n) is 14.7. The first kappa shape index (κ1) is 17.9. The Morgan fingerprint density at radius 1 is 1.39 bits per heavy atom. The molecule has 0 spiro atoms. The van der Waals surface area contributed by atoms with Crippen molar-refractivity contribution in [3.8, 4) is 0 Å². The lowest BCUT2D eigenvalue weighted by Crippen LogP contribution is -2.45. The number of rotatable bonds is 5. The molecular weight excluding hydrogens is 292 g/mol. The summed E-state index contributed by atoms with van der Waals surface area (Å²) < 4.78 is 10.8. The molecule has 1 aromatic rings. The van der Waals surface area contributed by atoms with E-state index in [1.165, 1.54) is 12.8 Å². The minimum atomic E-state index is -0.456. The largest absolute Gasteiger partial charge is 0.468 e. The Kier molecular flexibility index (Phi) is 6.10. The van der Waals surface area contributed by atoms with Gasteiger partial charge in [-0.2, -0.15) is 0 Å². The molecule has 1 aromatic heterocycles. The minimum Gasteiger partial charge on any atom is -0.468 e. The molecule has 2 rings (SSSR count). The topological polar surface area (TPSA) is 63.5 Å². The van der Waals surface area contributed by atoms with Crippen LogP contribution < -0.4 is 10.6 Å². The summed E-state index contributed by atoms with van der Waals surface area (Å²) in [7, 11) is 0. The standard InChI is InChI=1S/C18H30N2O3/c1-13(16-10-7-11-22-16)20-15-9-6-5-8-14(15)12-19-17(21)23-18(2,3)4/h7,10-11,13-15,20H,5-6,8-9,12H2,1-4H3,(H,19,21)/t13-,14?,15?/m1/s1. The van der Waals surface area contributed by atoms with Crippen LogP contribution in [0.3, 0.4) is 0 Å². The number of carbonyl (C=O) groups excluding carboxylic acids is 1. The van der Waals surface area contributed by atoms with Crippen LogP contribution in [0.25, 0.3) is 0 Å². The van der Waals surface area contributed by atoms with Gasteiger partial charge < -0.3 is 19.8 Å². The van der Waals surface area contributed by atoms with Crippen LogP contribution in [0.4, 0.5) is 4.79 Å². The molecule has 23 heavy (non-hydrogen) atoms. The third-order valence-electron chi connectivity index (χ3n) is 4.25. The van der Waals surface area contributed by atoms with E-state index in [0.717, 1.165) is 18.6 Å². The van der Waals surface area contributed by atoms with E-state index in [0.29, 0.717) is 18.5 Å². The van der Waals surface area contributed by atoms with E-state index in [4.69, 9.17) is 9.15 Å². The molecule has 2 unspecified atom stereocenters. The normalized spacial score (nSPS) is 23.3. The summed E-state index contributed by atoms with van der Waals surface area (Å²) in [6, 6.07) is 4.47. The monoisotopic (exact) mass is 322 g/mol. The summed E-state index contributed by atoms with van der Waals surface area (Å²) >= 11 is 0. The fraction of sp³-hybridized carbons (Fsp3) is 0.722. The predicted octanol–water partition coefficient (Wildman–Crippen LogP) is 4.01. The van der Waals surface area contributed by atoms with Gasteiger partial charge >= 0.3 is 6.09 Å². The molecule has 5 heteroatoms. The third-order valence-corrected chi connectivity index (χ3v) is 4.25. The van der Waals surface area contributed by atoms with Gasteiger partial charge in [0.15, 0.2) is 0 Å². The van der Waals surface area contributed by atoms with Crippen LogP contribution in [0.2, 0.25) is 0 Å². The van der Waals surface area contributed by atoms with E-state index in [1.807, 2.05) is 32.9 Å². The maximum atomic E-state index is 11.8. The van der Waals surface area contributed by atoms with Gasteiger partial charge in [0.25, 0.3) is 0 Å². The van der Waals surface area contributed by atoms with E-state index in [2.05, 4.69) is 17.6 Å². The average molecular weight is 322 g/mol. The lowest BCUT2D eigenvalue weighted by Gasteiger charge is -2.34. The Balaban J connectivity index is 1.84. The second-order valence-corrected chi connectivity index (χ2v) is 7.44. The Labute approximate surface area is 139 Å². The smallest absolute Gasteiger partial charge is 0.407 e. The van der Waals surface area contributed by atoms with Crippen LogP contribution in [-0.4, -0.2) is 24.3 Å². The minimum absolute atomic E-state index is 0.178. The van der Waals surface area contributed by atoms with Gasteiger partial charge in [0, 0.05) is 12.6 Å². The molecule has 0 saturated heterocycles. The molecule has 0 radical (unpaired) electrons. The number of nitrogens with one attached hydrogen (secondary N) is 2. The van der Waals surface area contributed by atoms with Gasteiger partial charge in [-0.15, -0.1) is 0 Å². The van der Waals surface area contributed by atoms with Gasteiger partial charge in [-0.25, -0.2) is 4.79 Å². The highest BCUT2D eigenvalue weighted by Crippen LogP contribution is 2.26. The summed E-state index contributed by atoms with van der Waals surface area (Å²) in [6.07, 6.45) is 6.07. The highest BCUT2D eigenvalue weighted by atomic mass is 16.6. The number of alkyl carbamates (subject to hydrolysis) is 1. The first-order valence-corrected chi connectivity index (χ1v) is 8.61. The first-order valence-electron chi connectivity index (χ1n) is 8.61. The van der Waals surface area contributed by atoms with Crippen LogP contribution in [0.5, 0.6) is 0 Å². The van der Waals surface area contributed by atoms with Crippen LogP contribution in [0.1, 0.15) is 65.2 Å². The molecule has 130 valence electrons. The molecule has 0 aromatic carbocycles. The van der Waals surface area contributed by atoms with Crippen molar-refractivity contribution in [2.24, 2.45) is 5.92 Å². The Morgan fingerprint density at radius 3 is 2.78 bits per heavy atom. The summed E-state index contributed by atoms with van der Waals surface area (Å²) in [5.74, 6) is 1.38. The summed E-state index contributed by atoms with van der Waals surface area (Å²) in [5, 5.41) is 6.58. The fourth-order valence-electron chi connectivity index (χ4n) is 3.14. The van der Waals surface area contributed by atoms with Crippen LogP contribution >= 0.6 is 0 Å². The van der Waals surface area contributed by atoms with Gasteiger partial charge in [-0.3, -0.25) is 0 Å². The van der Waals surface area contributed by atoms with E-state index in [9.17, 15) is 4.79 Å². The molecule has 1 aliphatic carbocycles. The van der Waals surface area contributed by atoms with Crippen LogP contribution in [-0.2, 0) is 4.74 Å². The number of amides is 1. The second kappa shape index (κ2) is 7.86. The van der Waals surface area contributed by atoms with Crippen molar-refractivity contribution >= 4 is 6.09 Å². The fourth-order valence-corrected chi connectivity index (χ4v) is 3.14. The molecular formula is C18H30N2O3. The van der Waals surface area contributed by atoms with E-state index >= 15 is 0 Å². The number of hydrogen-bond acceptors (Lipinski definition) is 4. The van der Waals surface area contributed by atoms with Crippen molar-refractivity contribution < 1.29 is 13.9 Å². The quantitative estimate of drug-likeness (QED) is 0.859. The first-order chi connectivity index (χ1) is 10.8. The number of carbonyl (C=O) groups is 1. The lowest BCUT2D eigenvalue weighted by molar-refractivity contribution is 0.0509. The molecule has 3 atom stereocenters. The Morgan fingerprint density at radius 2 is 2.13 bits per heavy atom. The molecule has 1 saturated carbocycles. The highest BCUT2D eigenvalue weighted by Gasteiger charge is 2.28. The molecule has 0 bridgehead atoms. The summed E-state index contributed by atoms with van der Waals surface area (Å²) in [4.78, 5) is 11.8. The van der Waals surface area contributed by atoms with Gasteiger partial charge in [-0.05, 0) is 58.6 Å². The van der Waals surface area contributed by atoms with Gasteiger partial charge in [0.05, 0.1) is 12.3 Å². The van der Waals surface area contributed by atoms with Crippen LogP contribution in [0.15, 0.2) is 22.8 Å². The van der Waals surface area contributed by atoms with Gasteiger partial charge in [0.2, 0.25) is 0 Å². The van der Waals surface area contributed by atoms with Gasteiger partial charge in [-0.1, -0.05) is 12.8 Å². The highest BCUT2D eigenvalue weighted by molar-refractivity contribution is 5.67. The Hall–Kier alpha value is -1.49. The number of ether oxygens (including phenoxy) is 1. The van der Waals surface area contributed by atoms with Crippen molar-refractivity contribution in [2.75, 3.05) is 6.54 Å². The molecule has 1 fully saturated rings. The third kappa shape index (κ3) is 5.90. The van der Waals surface area contributed by atoms with Crippen molar-refractivity contribution in [3.63, 3.8) is 0 Å². The van der Waals surface area contributed by atoms with Crippen LogP contribution in [0, 0.1) is 5.92 Å². The molecule has 1 amide bonds. The molecule has 1 heterocycles. The molecule has 2 N–H and O–H groups in total. The summed E-state index contributed by atoms with van der Waals surface area (Å²) in [5.41, 5.74) is -0.456. The maximum absolute atomic E-state index is 11.8. The van der Waals surface area contributed by atoms with E-state index in [-0.39, 0.29) is 12.1 Å². The average Bonchev–Trinajstić information content (AvgIpc) is 2.99. The van der Waals surface area contributed by atoms with Crippen molar-refractivity contribution in [1.29, 1.82) is 0 Å². The zero-order valence-corrected chi connectivity index (χ0v) is 14.7. The lowest BCUT2D eigenvalue weighted by atomic mass is 9.84. The number of hydrogen-bond donors (Lipinski definition) is 2. The van der Waals surface area contributed by atoms with E-state index < -0.39 is 5.60 Å². The predicted molar refractivity (Wildman–Crippen MR) is 90.2 cm³/mol. The van der Waals surface area contributed by atoms with Crippen molar-refractivity contribution in [2.45, 2.75) is 71.1 Å². The SMILES string of the molecule is C[C@@H](NC1CCCCC1CNC(=O)OC(C)(C)C)c1ccco1.